The molecule has 2 aromatic rings. The highest BCUT2D eigenvalue weighted by Crippen LogP contribution is 2.34. The van der Waals surface area contributed by atoms with Gasteiger partial charge in [0.15, 0.2) is 0 Å². The molecule has 0 saturated carbocycles. The van der Waals surface area contributed by atoms with E-state index in [1.165, 1.54) is 24.6 Å². The van der Waals surface area contributed by atoms with Gasteiger partial charge in [-0.3, -0.25) is 9.59 Å². The molecule has 0 radical (unpaired) electrons. The first-order valence-electron chi connectivity index (χ1n) is 7.44. The van der Waals surface area contributed by atoms with Crippen molar-refractivity contribution in [1.82, 2.24) is 20.6 Å². The van der Waals surface area contributed by atoms with Crippen molar-refractivity contribution in [2.75, 3.05) is 19.7 Å². The Hall–Kier alpha value is -2.22. The number of aryl methyl sites for hydroxylation is 1. The lowest BCUT2D eigenvalue weighted by Crippen LogP contribution is -2.28. The minimum Gasteiger partial charge on any atom is -0.477 e. The number of carbonyl (C=O) groups excluding carboxylic acids is 2. The molecule has 2 heterocycles. The van der Waals surface area contributed by atoms with Crippen LogP contribution in [0.4, 0.5) is 0 Å². The maximum Gasteiger partial charge on any atom is 0.261 e. The smallest absolute Gasteiger partial charge is 0.261 e. The number of aromatic nitrogens is 2. The van der Waals surface area contributed by atoms with E-state index in [2.05, 4.69) is 20.6 Å². The number of fused-ring (bicyclic) bond motifs is 1. The Bertz CT molecular complexity index is 714. The third-order valence-electron chi connectivity index (χ3n) is 3.19. The van der Waals surface area contributed by atoms with Crippen LogP contribution in [-0.2, 0) is 4.79 Å². The van der Waals surface area contributed by atoms with Crippen molar-refractivity contribution >= 4 is 33.4 Å². The molecule has 0 bridgehead atoms. The highest BCUT2D eigenvalue weighted by molar-refractivity contribution is 7.20. The summed E-state index contributed by atoms with van der Waals surface area (Å²) in [5.41, 5.74) is 0.827. The van der Waals surface area contributed by atoms with Crippen LogP contribution in [0.3, 0.4) is 0 Å². The molecule has 0 aliphatic carbocycles. The number of ether oxygens (including phenoxy) is 1. The number of hydrogen-bond donors (Lipinski definition) is 2. The van der Waals surface area contributed by atoms with Gasteiger partial charge in [-0.15, -0.1) is 11.3 Å². The minimum atomic E-state index is -0.143. The molecule has 7 nitrogen and oxygen atoms in total. The lowest BCUT2D eigenvalue weighted by molar-refractivity contribution is -0.118. The van der Waals surface area contributed by atoms with Gasteiger partial charge in [0, 0.05) is 20.0 Å². The Morgan fingerprint density at radius 3 is 2.70 bits per heavy atom. The summed E-state index contributed by atoms with van der Waals surface area (Å²) in [5.74, 6) is 0.297. The molecule has 124 valence electrons. The molecule has 2 N–H and O–H groups in total. The van der Waals surface area contributed by atoms with Crippen LogP contribution < -0.4 is 15.4 Å². The SMILES string of the molecule is CCOc1ncnc2sc(C(=O)NCCCNC(C)=O)c(C)c12. The van der Waals surface area contributed by atoms with E-state index < -0.39 is 0 Å². The number of nitrogens with one attached hydrogen (secondary N) is 2. The summed E-state index contributed by atoms with van der Waals surface area (Å²) in [6, 6.07) is 0. The normalized spacial score (nSPS) is 10.6. The van der Waals surface area contributed by atoms with Crippen molar-refractivity contribution in [2.24, 2.45) is 0 Å². The summed E-state index contributed by atoms with van der Waals surface area (Å²) in [4.78, 5) is 32.8. The van der Waals surface area contributed by atoms with E-state index in [-0.39, 0.29) is 11.8 Å². The Morgan fingerprint density at radius 1 is 1.26 bits per heavy atom. The second-order valence-electron chi connectivity index (χ2n) is 4.94. The molecule has 0 spiro atoms. The largest absolute Gasteiger partial charge is 0.477 e. The van der Waals surface area contributed by atoms with E-state index in [0.29, 0.717) is 36.9 Å². The van der Waals surface area contributed by atoms with Gasteiger partial charge in [-0.05, 0) is 25.8 Å². The molecule has 23 heavy (non-hydrogen) atoms. The fourth-order valence-corrected chi connectivity index (χ4v) is 3.19. The predicted octanol–water partition coefficient (Wildman–Crippen LogP) is 1.65. The maximum atomic E-state index is 12.3. The number of thiophene rings is 1. The van der Waals surface area contributed by atoms with Gasteiger partial charge in [0.25, 0.3) is 5.91 Å². The van der Waals surface area contributed by atoms with Crippen molar-refractivity contribution in [3.63, 3.8) is 0 Å². The number of rotatable bonds is 7. The van der Waals surface area contributed by atoms with Gasteiger partial charge in [-0.1, -0.05) is 0 Å². The predicted molar refractivity (Wildman–Crippen MR) is 89.0 cm³/mol. The number of amides is 2. The zero-order chi connectivity index (χ0) is 16.8. The average Bonchev–Trinajstić information content (AvgIpc) is 2.85. The van der Waals surface area contributed by atoms with Gasteiger partial charge in [0.05, 0.1) is 16.9 Å². The van der Waals surface area contributed by atoms with E-state index in [1.807, 2.05) is 13.8 Å². The van der Waals surface area contributed by atoms with E-state index in [4.69, 9.17) is 4.74 Å². The van der Waals surface area contributed by atoms with Crippen molar-refractivity contribution in [3.8, 4) is 5.88 Å². The first-order chi connectivity index (χ1) is 11.0. The minimum absolute atomic E-state index is 0.0706. The fraction of sp³-hybridized carbons (Fsp3) is 0.467. The molecule has 2 rings (SSSR count). The number of nitrogens with zero attached hydrogens (tertiary/aromatic N) is 2. The second-order valence-corrected chi connectivity index (χ2v) is 5.94. The van der Waals surface area contributed by atoms with Crippen molar-refractivity contribution in [1.29, 1.82) is 0 Å². The topological polar surface area (TPSA) is 93.2 Å². The van der Waals surface area contributed by atoms with Gasteiger partial charge in [0.2, 0.25) is 11.8 Å². The molecular weight excluding hydrogens is 316 g/mol. The van der Waals surface area contributed by atoms with Crippen LogP contribution in [-0.4, -0.2) is 41.5 Å². The van der Waals surface area contributed by atoms with Crippen LogP contribution in [0.15, 0.2) is 6.33 Å². The summed E-state index contributed by atoms with van der Waals surface area (Å²) in [5, 5.41) is 6.34. The molecule has 8 heteroatoms. The van der Waals surface area contributed by atoms with Gasteiger partial charge in [0.1, 0.15) is 11.2 Å². The molecule has 0 saturated heterocycles. The first-order valence-corrected chi connectivity index (χ1v) is 8.25. The maximum absolute atomic E-state index is 12.3. The molecule has 0 aliphatic heterocycles. The molecule has 2 amide bonds. The summed E-state index contributed by atoms with van der Waals surface area (Å²) in [6.45, 7) is 6.77. The fourth-order valence-electron chi connectivity index (χ4n) is 2.14. The first kappa shape index (κ1) is 17.1. The second kappa shape index (κ2) is 7.87. The summed E-state index contributed by atoms with van der Waals surface area (Å²) >= 11 is 1.33. The Kier molecular flexibility index (Phi) is 5.86. The average molecular weight is 336 g/mol. The van der Waals surface area contributed by atoms with Gasteiger partial charge in [-0.25, -0.2) is 9.97 Å². The Labute approximate surface area is 138 Å². The molecule has 0 aromatic carbocycles. The van der Waals surface area contributed by atoms with E-state index in [1.54, 1.807) is 0 Å². The van der Waals surface area contributed by atoms with Crippen LogP contribution in [0, 0.1) is 6.92 Å². The summed E-state index contributed by atoms with van der Waals surface area (Å²) in [7, 11) is 0. The zero-order valence-electron chi connectivity index (χ0n) is 13.4. The monoisotopic (exact) mass is 336 g/mol. The summed E-state index contributed by atoms with van der Waals surface area (Å²) in [6.07, 6.45) is 2.12. The van der Waals surface area contributed by atoms with Crippen LogP contribution in [0.2, 0.25) is 0 Å². The molecular formula is C15H20N4O3S. The van der Waals surface area contributed by atoms with E-state index >= 15 is 0 Å². The number of hydrogen-bond acceptors (Lipinski definition) is 6. The van der Waals surface area contributed by atoms with Crippen molar-refractivity contribution < 1.29 is 14.3 Å². The molecule has 0 atom stereocenters. The lowest BCUT2D eigenvalue weighted by atomic mass is 10.2. The van der Waals surface area contributed by atoms with Crippen molar-refractivity contribution in [3.05, 3.63) is 16.8 Å². The lowest BCUT2D eigenvalue weighted by Gasteiger charge is -2.05. The molecule has 0 fully saturated rings. The Morgan fingerprint density at radius 2 is 2.00 bits per heavy atom. The standard InChI is InChI=1S/C15H20N4O3S/c1-4-22-14-11-9(2)12(23-15(11)19-8-18-14)13(21)17-7-5-6-16-10(3)20/h8H,4-7H2,1-3H3,(H,16,20)(H,17,21). The highest BCUT2D eigenvalue weighted by Gasteiger charge is 2.19. The molecule has 0 unspecified atom stereocenters. The quantitative estimate of drug-likeness (QED) is 0.750. The zero-order valence-corrected chi connectivity index (χ0v) is 14.2. The van der Waals surface area contributed by atoms with Crippen LogP contribution >= 0.6 is 11.3 Å². The van der Waals surface area contributed by atoms with E-state index in [0.717, 1.165) is 15.8 Å². The molecule has 2 aromatic heterocycles. The van der Waals surface area contributed by atoms with Crippen LogP contribution in [0.1, 0.15) is 35.5 Å². The van der Waals surface area contributed by atoms with E-state index in [9.17, 15) is 9.59 Å². The third kappa shape index (κ3) is 4.16. The third-order valence-corrected chi connectivity index (χ3v) is 4.39. The Balaban J connectivity index is 2.07. The highest BCUT2D eigenvalue weighted by atomic mass is 32.1. The van der Waals surface area contributed by atoms with Gasteiger partial charge >= 0.3 is 0 Å². The molecule has 0 aliphatic rings. The number of carbonyl (C=O) groups is 2. The van der Waals surface area contributed by atoms with Crippen LogP contribution in [0.5, 0.6) is 5.88 Å². The van der Waals surface area contributed by atoms with Crippen LogP contribution in [0.25, 0.3) is 10.2 Å². The summed E-state index contributed by atoms with van der Waals surface area (Å²) < 4.78 is 5.51. The van der Waals surface area contributed by atoms with Crippen molar-refractivity contribution in [2.45, 2.75) is 27.2 Å². The van der Waals surface area contributed by atoms with Gasteiger partial charge < -0.3 is 15.4 Å². The van der Waals surface area contributed by atoms with Gasteiger partial charge in [-0.2, -0.15) is 0 Å².